The van der Waals surface area contributed by atoms with Gasteiger partial charge in [-0.05, 0) is 42.9 Å². The molecule has 1 N–H and O–H groups in total. The zero-order valence-electron chi connectivity index (χ0n) is 16.4. The fraction of sp³-hybridized carbons (Fsp3) is 0.619. The molecule has 1 aromatic rings. The molecule has 5 nitrogen and oxygen atoms in total. The van der Waals surface area contributed by atoms with Crippen LogP contribution in [-0.4, -0.2) is 42.2 Å². The van der Waals surface area contributed by atoms with Gasteiger partial charge in [-0.25, -0.2) is 9.98 Å². The van der Waals surface area contributed by atoms with Gasteiger partial charge in [-0.15, -0.1) is 0 Å². The van der Waals surface area contributed by atoms with Crippen LogP contribution in [0, 0.1) is 17.3 Å². The van der Waals surface area contributed by atoms with E-state index in [-0.39, 0.29) is 17.8 Å². The molecule has 26 heavy (non-hydrogen) atoms. The lowest BCUT2D eigenvalue weighted by molar-refractivity contribution is 0.243. The van der Waals surface area contributed by atoms with Crippen LogP contribution in [0.15, 0.2) is 34.3 Å². The van der Waals surface area contributed by atoms with E-state index in [0.29, 0.717) is 43.3 Å². The first-order valence-electron chi connectivity index (χ1n) is 9.49. The minimum Gasteiger partial charge on any atom is -0.508 e. The lowest BCUT2D eigenvalue weighted by Crippen LogP contribution is -2.39. The van der Waals surface area contributed by atoms with Crippen molar-refractivity contribution in [2.75, 3.05) is 13.2 Å². The van der Waals surface area contributed by atoms with Crippen molar-refractivity contribution in [3.8, 4) is 5.75 Å². The zero-order chi connectivity index (χ0) is 18.9. The minimum atomic E-state index is -0.537. The second-order valence-electron chi connectivity index (χ2n) is 8.29. The van der Waals surface area contributed by atoms with Crippen LogP contribution in [0.2, 0.25) is 0 Å². The Bertz CT molecular complexity index is 658. The summed E-state index contributed by atoms with van der Waals surface area (Å²) in [4.78, 5) is 9.74. The van der Waals surface area contributed by atoms with Crippen LogP contribution in [0.25, 0.3) is 0 Å². The van der Waals surface area contributed by atoms with Gasteiger partial charge in [0, 0.05) is 0 Å². The van der Waals surface area contributed by atoms with Crippen molar-refractivity contribution in [3.63, 3.8) is 0 Å². The molecule has 0 amide bonds. The molecule has 0 aromatic heterocycles. The molecule has 2 aliphatic heterocycles. The van der Waals surface area contributed by atoms with E-state index in [2.05, 4.69) is 34.6 Å². The molecule has 3 rings (SSSR count). The van der Waals surface area contributed by atoms with Crippen molar-refractivity contribution in [2.24, 2.45) is 27.2 Å². The van der Waals surface area contributed by atoms with Crippen molar-refractivity contribution in [1.82, 2.24) is 0 Å². The topological polar surface area (TPSA) is 63.4 Å². The predicted octanol–water partition coefficient (Wildman–Crippen LogP) is 3.85. The number of rotatable bonds is 6. The van der Waals surface area contributed by atoms with Crippen LogP contribution in [0.3, 0.4) is 0 Å². The third-order valence-corrected chi connectivity index (χ3v) is 5.32. The van der Waals surface area contributed by atoms with Gasteiger partial charge in [0.25, 0.3) is 0 Å². The third-order valence-electron chi connectivity index (χ3n) is 5.32. The normalized spacial score (nSPS) is 23.0. The maximum absolute atomic E-state index is 9.57. The van der Waals surface area contributed by atoms with E-state index in [4.69, 9.17) is 19.5 Å². The quantitative estimate of drug-likeness (QED) is 0.840. The molecule has 0 aliphatic carbocycles. The Morgan fingerprint density at radius 1 is 0.962 bits per heavy atom. The Labute approximate surface area is 156 Å². The zero-order valence-corrected chi connectivity index (χ0v) is 16.4. The minimum absolute atomic E-state index is 0.173. The highest BCUT2D eigenvalue weighted by Crippen LogP contribution is 2.35. The molecule has 2 aliphatic rings. The van der Waals surface area contributed by atoms with E-state index in [1.165, 1.54) is 0 Å². The highest BCUT2D eigenvalue weighted by molar-refractivity contribution is 6.06. The van der Waals surface area contributed by atoms with Crippen LogP contribution in [0.5, 0.6) is 5.75 Å². The molecule has 0 saturated heterocycles. The van der Waals surface area contributed by atoms with E-state index in [9.17, 15) is 5.11 Å². The van der Waals surface area contributed by atoms with Gasteiger partial charge in [-0.3, -0.25) is 0 Å². The standard InChI is InChI=1S/C21H30N2O3/c1-13(2)17-11-25-19(22-17)21(5,10-15-6-8-16(24)9-7-15)20-23-18(12-26-20)14(3)4/h6-9,13-14,17-18,24H,10-12H2,1-5H3/t17-,18-/m1/s1. The summed E-state index contributed by atoms with van der Waals surface area (Å²) < 4.78 is 12.1. The first-order valence-corrected chi connectivity index (χ1v) is 9.49. The lowest BCUT2D eigenvalue weighted by Gasteiger charge is -2.28. The molecular weight excluding hydrogens is 328 g/mol. The van der Waals surface area contributed by atoms with Gasteiger partial charge in [-0.2, -0.15) is 0 Å². The summed E-state index contributed by atoms with van der Waals surface area (Å²) >= 11 is 0. The lowest BCUT2D eigenvalue weighted by atomic mass is 9.82. The third kappa shape index (κ3) is 3.71. The number of aliphatic imine (C=N–C) groups is 2. The summed E-state index contributed by atoms with van der Waals surface area (Å²) in [6.45, 7) is 12.0. The highest BCUT2D eigenvalue weighted by atomic mass is 16.5. The van der Waals surface area contributed by atoms with Crippen molar-refractivity contribution in [2.45, 2.75) is 53.1 Å². The summed E-state index contributed by atoms with van der Waals surface area (Å²) in [5, 5.41) is 9.57. The number of hydrogen-bond acceptors (Lipinski definition) is 5. The summed E-state index contributed by atoms with van der Waals surface area (Å²) in [5.41, 5.74) is 0.549. The molecule has 2 atom stereocenters. The van der Waals surface area contributed by atoms with E-state index in [1.54, 1.807) is 12.1 Å². The summed E-state index contributed by atoms with van der Waals surface area (Å²) in [6.07, 6.45) is 0.667. The molecule has 1 aromatic carbocycles. The summed E-state index contributed by atoms with van der Waals surface area (Å²) in [7, 11) is 0. The smallest absolute Gasteiger partial charge is 0.199 e. The molecule has 0 fully saturated rings. The van der Waals surface area contributed by atoms with Gasteiger partial charge < -0.3 is 14.6 Å². The Balaban J connectivity index is 1.95. The van der Waals surface area contributed by atoms with Crippen LogP contribution >= 0.6 is 0 Å². The highest BCUT2D eigenvalue weighted by Gasteiger charge is 2.45. The van der Waals surface area contributed by atoms with Gasteiger partial charge >= 0.3 is 0 Å². The molecule has 2 heterocycles. The van der Waals surface area contributed by atoms with E-state index in [0.717, 1.165) is 5.56 Å². The number of benzene rings is 1. The SMILES string of the molecule is CC(C)[C@H]1COC(C(C)(Cc2ccc(O)cc2)C2=N[C@@H](C(C)C)CO2)=N1. The second-order valence-corrected chi connectivity index (χ2v) is 8.29. The molecule has 0 spiro atoms. The van der Waals surface area contributed by atoms with Gasteiger partial charge in [0.2, 0.25) is 0 Å². The fourth-order valence-electron chi connectivity index (χ4n) is 3.33. The first-order chi connectivity index (χ1) is 12.3. The average Bonchev–Trinajstić information content (AvgIpc) is 3.27. The average molecular weight is 358 g/mol. The van der Waals surface area contributed by atoms with Crippen molar-refractivity contribution in [3.05, 3.63) is 29.8 Å². The van der Waals surface area contributed by atoms with E-state index >= 15 is 0 Å². The van der Waals surface area contributed by atoms with Crippen LogP contribution in [-0.2, 0) is 15.9 Å². The second kappa shape index (κ2) is 7.29. The van der Waals surface area contributed by atoms with Gasteiger partial charge in [-0.1, -0.05) is 39.8 Å². The largest absolute Gasteiger partial charge is 0.508 e. The van der Waals surface area contributed by atoms with E-state index < -0.39 is 5.41 Å². The molecular formula is C21H30N2O3. The Morgan fingerprint density at radius 3 is 1.81 bits per heavy atom. The van der Waals surface area contributed by atoms with Crippen molar-refractivity contribution in [1.29, 1.82) is 0 Å². The van der Waals surface area contributed by atoms with E-state index in [1.807, 2.05) is 12.1 Å². The molecule has 0 unspecified atom stereocenters. The van der Waals surface area contributed by atoms with Crippen LogP contribution < -0.4 is 0 Å². The fourth-order valence-corrected chi connectivity index (χ4v) is 3.33. The first kappa shape index (κ1) is 18.7. The monoisotopic (exact) mass is 358 g/mol. The maximum atomic E-state index is 9.57. The van der Waals surface area contributed by atoms with Crippen LogP contribution in [0.1, 0.15) is 40.2 Å². The Morgan fingerprint density at radius 2 is 1.42 bits per heavy atom. The molecule has 0 bridgehead atoms. The van der Waals surface area contributed by atoms with Crippen LogP contribution in [0.4, 0.5) is 0 Å². The van der Waals surface area contributed by atoms with Gasteiger partial charge in [0.05, 0.1) is 12.1 Å². The van der Waals surface area contributed by atoms with Crippen molar-refractivity contribution < 1.29 is 14.6 Å². The number of ether oxygens (including phenoxy) is 2. The number of aromatic hydroxyl groups is 1. The summed E-state index contributed by atoms with van der Waals surface area (Å²) in [5.74, 6) is 2.56. The molecule has 0 saturated carbocycles. The predicted molar refractivity (Wildman–Crippen MR) is 104 cm³/mol. The molecule has 142 valence electrons. The van der Waals surface area contributed by atoms with Gasteiger partial charge in [0.1, 0.15) is 24.4 Å². The number of phenols is 1. The number of nitrogens with zero attached hydrogens (tertiary/aromatic N) is 2. The molecule has 0 radical (unpaired) electrons. The maximum Gasteiger partial charge on any atom is 0.199 e. The number of phenolic OH excluding ortho intramolecular Hbond substituents is 1. The Kier molecular flexibility index (Phi) is 5.26. The summed E-state index contributed by atoms with van der Waals surface area (Å²) in [6, 6.07) is 7.62. The Hall–Kier alpha value is -2.04. The number of hydrogen-bond donors (Lipinski definition) is 1. The molecule has 5 heteroatoms. The van der Waals surface area contributed by atoms with Crippen molar-refractivity contribution >= 4 is 11.8 Å². The van der Waals surface area contributed by atoms with Gasteiger partial charge in [0.15, 0.2) is 11.8 Å².